The third kappa shape index (κ3) is 40.2. The Labute approximate surface area is 69.6 Å². The predicted octanol–water partition coefficient (Wildman–Crippen LogP) is -0.131. The average Bonchev–Trinajstić information content (AvgIpc) is 1.63. The molecule has 10 heavy (non-hydrogen) atoms. The molecule has 0 saturated heterocycles. The van der Waals surface area contributed by atoms with E-state index in [-0.39, 0.29) is 0 Å². The Morgan fingerprint density at radius 3 is 1.20 bits per heavy atom. The van der Waals surface area contributed by atoms with Crippen LogP contribution in [0.5, 0.6) is 0 Å². The quantitative estimate of drug-likeness (QED) is 0.563. The second-order valence-electron chi connectivity index (χ2n) is 3.84. The molecule has 0 aliphatic rings. The molecule has 0 bridgehead atoms. The van der Waals surface area contributed by atoms with Crippen molar-refractivity contribution < 1.29 is 0 Å². The van der Waals surface area contributed by atoms with Crippen molar-refractivity contribution >= 4 is 18.6 Å². The predicted molar refractivity (Wildman–Crippen MR) is 56.0 cm³/mol. The van der Waals surface area contributed by atoms with Gasteiger partial charge in [-0.15, -0.1) is 0 Å². The number of nitrogens with one attached hydrogen (secondary N) is 1. The fourth-order valence-electron chi connectivity index (χ4n) is 0. The summed E-state index contributed by atoms with van der Waals surface area (Å²) in [7, 11) is 6.34. The number of hydrogen-bond donors (Lipinski definition) is 1. The van der Waals surface area contributed by atoms with Gasteiger partial charge in [0.15, 0.2) is 0 Å². The second kappa shape index (κ2) is 6.09. The summed E-state index contributed by atoms with van der Waals surface area (Å²) in [6.07, 6.45) is 0. The van der Waals surface area contributed by atoms with Crippen LogP contribution in [0.1, 0.15) is 0 Å². The van der Waals surface area contributed by atoms with E-state index in [4.69, 9.17) is 0 Å². The summed E-state index contributed by atoms with van der Waals surface area (Å²) in [6.45, 7) is 6.92. The van der Waals surface area contributed by atoms with E-state index in [1.807, 2.05) is 26.0 Å². The molecule has 0 unspecified atom stereocenters. The minimum Gasteiger partial charge on any atom is -0.367 e. The zero-order valence-electron chi connectivity index (χ0n) is 8.45. The molecule has 64 valence electrons. The molecule has 0 amide bonds. The third-order valence-electron chi connectivity index (χ3n) is 0.750. The van der Waals surface area contributed by atoms with Gasteiger partial charge in [0.05, 0.1) is 10.4 Å². The first-order chi connectivity index (χ1) is 4.29. The van der Waals surface area contributed by atoms with Crippen LogP contribution in [0.2, 0.25) is 19.6 Å². The zero-order valence-corrected chi connectivity index (χ0v) is 11.4. The van der Waals surface area contributed by atoms with E-state index >= 15 is 0 Å². The molecule has 0 saturated carbocycles. The van der Waals surface area contributed by atoms with Crippen LogP contribution in [0.25, 0.3) is 0 Å². The minimum atomic E-state index is -0.819. The minimum absolute atomic E-state index is 0.819. The molecule has 2 nitrogen and oxygen atoms in total. The van der Waals surface area contributed by atoms with E-state index < -0.39 is 8.24 Å². The van der Waals surface area contributed by atoms with Crippen molar-refractivity contribution in [2.45, 2.75) is 19.6 Å². The summed E-state index contributed by atoms with van der Waals surface area (Å²) >= 11 is 0. The van der Waals surface area contributed by atoms with Gasteiger partial charge in [-0.1, -0.05) is 19.6 Å². The van der Waals surface area contributed by atoms with E-state index in [1.165, 1.54) is 0 Å². The van der Waals surface area contributed by atoms with Gasteiger partial charge >= 0.3 is 0 Å². The lowest BCUT2D eigenvalue weighted by atomic mass is 11.0. The van der Waals surface area contributed by atoms with Crippen LogP contribution in [0.4, 0.5) is 0 Å². The maximum absolute atomic E-state index is 3.38. The molecule has 0 aromatic carbocycles. The Bertz CT molecular complexity index is 65.9. The monoisotopic (exact) mass is 178 g/mol. The Kier molecular flexibility index (Phi) is 7.90. The fraction of sp³-hybridized carbons (Fsp3) is 1.00. The smallest absolute Gasteiger partial charge is 0.109 e. The molecule has 1 N–H and O–H groups in total. The van der Waals surface area contributed by atoms with Crippen molar-refractivity contribution in [1.82, 2.24) is 9.55 Å². The number of rotatable bonds is 1. The average molecular weight is 178 g/mol. The Balaban J connectivity index is 0. The molecule has 0 aliphatic carbocycles. The van der Waals surface area contributed by atoms with Crippen LogP contribution in [0.15, 0.2) is 0 Å². The maximum atomic E-state index is 3.38. The molecule has 0 fully saturated rings. The first kappa shape index (κ1) is 13.0. The normalized spacial score (nSPS) is 11.1. The summed E-state index contributed by atoms with van der Waals surface area (Å²) in [5.41, 5.74) is 0. The van der Waals surface area contributed by atoms with Crippen molar-refractivity contribution in [3.05, 3.63) is 0 Å². The molecule has 0 aromatic rings. The Morgan fingerprint density at radius 1 is 1.10 bits per heavy atom. The summed E-state index contributed by atoms with van der Waals surface area (Å²) in [4.78, 5) is 2.00. The van der Waals surface area contributed by atoms with E-state index in [0.29, 0.717) is 0 Å². The lowest BCUT2D eigenvalue weighted by Gasteiger charge is -2.12. The van der Waals surface area contributed by atoms with E-state index in [1.54, 1.807) is 0 Å². The first-order valence-corrected chi connectivity index (χ1v) is 8.09. The molecular weight excluding hydrogens is 156 g/mol. The van der Waals surface area contributed by atoms with Gasteiger partial charge in [-0.25, -0.2) is 0 Å². The first-order valence-electron chi connectivity index (χ1n) is 3.59. The largest absolute Gasteiger partial charge is 0.367 e. The summed E-state index contributed by atoms with van der Waals surface area (Å²) in [5, 5.41) is 0. The maximum Gasteiger partial charge on any atom is 0.109 e. The van der Waals surface area contributed by atoms with Crippen LogP contribution in [0.3, 0.4) is 0 Å². The van der Waals surface area contributed by atoms with Gasteiger partial charge in [0.2, 0.25) is 0 Å². The van der Waals surface area contributed by atoms with Crippen molar-refractivity contribution in [3.63, 3.8) is 0 Å². The van der Waals surface area contributed by atoms with E-state index in [0.717, 1.165) is 10.4 Å². The van der Waals surface area contributed by atoms with Crippen LogP contribution in [0, 0.1) is 0 Å². The molecular formula is C6H22N2Si2. The molecule has 0 spiro atoms. The Morgan fingerprint density at radius 2 is 1.20 bits per heavy atom. The SMILES string of the molecule is CN(C)C.C[Si](C)(C)N[SiH3]. The van der Waals surface area contributed by atoms with Crippen molar-refractivity contribution in [2.75, 3.05) is 21.1 Å². The van der Waals surface area contributed by atoms with E-state index in [2.05, 4.69) is 24.3 Å². The zero-order chi connectivity index (χ0) is 8.78. The number of hydrogen-bond acceptors (Lipinski definition) is 2. The summed E-state index contributed by atoms with van der Waals surface area (Å²) in [5.74, 6) is 0. The molecule has 0 aromatic heterocycles. The lowest BCUT2D eigenvalue weighted by Crippen LogP contribution is -2.38. The second-order valence-corrected chi connectivity index (χ2v) is 10.3. The molecule has 0 aliphatic heterocycles. The highest BCUT2D eigenvalue weighted by atomic mass is 28.4. The van der Waals surface area contributed by atoms with Crippen molar-refractivity contribution in [1.29, 1.82) is 0 Å². The number of nitrogens with zero attached hydrogens (tertiary/aromatic N) is 1. The highest BCUT2D eigenvalue weighted by Gasteiger charge is 2.05. The van der Waals surface area contributed by atoms with Crippen molar-refractivity contribution in [3.8, 4) is 0 Å². The molecule has 0 atom stereocenters. The van der Waals surface area contributed by atoms with Crippen LogP contribution in [-0.4, -0.2) is 44.7 Å². The van der Waals surface area contributed by atoms with Gasteiger partial charge in [-0.2, -0.15) is 0 Å². The van der Waals surface area contributed by atoms with E-state index in [9.17, 15) is 0 Å². The summed E-state index contributed by atoms with van der Waals surface area (Å²) in [6, 6.07) is 0. The fourth-order valence-corrected chi connectivity index (χ4v) is 0. The molecule has 0 rings (SSSR count). The topological polar surface area (TPSA) is 15.3 Å². The lowest BCUT2D eigenvalue weighted by molar-refractivity contribution is 0.505. The highest BCUT2D eigenvalue weighted by Crippen LogP contribution is 1.88. The molecule has 0 radical (unpaired) electrons. The van der Waals surface area contributed by atoms with Gasteiger partial charge in [0.25, 0.3) is 0 Å². The van der Waals surface area contributed by atoms with Gasteiger partial charge in [0, 0.05) is 0 Å². The van der Waals surface area contributed by atoms with Crippen LogP contribution < -0.4 is 4.65 Å². The van der Waals surface area contributed by atoms with Crippen LogP contribution in [-0.2, 0) is 0 Å². The van der Waals surface area contributed by atoms with Gasteiger partial charge < -0.3 is 9.55 Å². The summed E-state index contributed by atoms with van der Waals surface area (Å²) < 4.78 is 3.38. The standard InChI is InChI=1S/C3H13NSi2.C3H9N/c1-6(2,3)4-5;1-4(2)3/h4H,1-3,5H3;1-3H3. The molecule has 4 heteroatoms. The molecule has 0 heterocycles. The Hall–Kier alpha value is 0.354. The van der Waals surface area contributed by atoms with Gasteiger partial charge in [-0.3, -0.25) is 0 Å². The highest BCUT2D eigenvalue weighted by molar-refractivity contribution is 6.77. The van der Waals surface area contributed by atoms with Crippen LogP contribution >= 0.6 is 0 Å². The van der Waals surface area contributed by atoms with Crippen molar-refractivity contribution in [2.24, 2.45) is 0 Å². The third-order valence-corrected chi connectivity index (χ3v) is 6.75. The van der Waals surface area contributed by atoms with Gasteiger partial charge in [0.1, 0.15) is 8.24 Å². The van der Waals surface area contributed by atoms with Gasteiger partial charge in [-0.05, 0) is 21.1 Å².